The Bertz CT molecular complexity index is 397. The fourth-order valence-electron chi connectivity index (χ4n) is 1.13. The molecule has 3 heteroatoms. The maximum absolute atomic E-state index is 5.24. The molecular weight excluding hydrogens is 194 g/mol. The first-order chi connectivity index (χ1) is 6.84. The molecule has 0 saturated carbocycles. The van der Waals surface area contributed by atoms with Gasteiger partial charge in [0.1, 0.15) is 5.76 Å². The molecule has 72 valence electrons. The average Bonchev–Trinajstić information content (AvgIpc) is 2.67. The molecule has 0 fully saturated rings. The third-order valence-corrected chi connectivity index (χ3v) is 2.78. The minimum Gasteiger partial charge on any atom is -0.468 e. The zero-order valence-electron chi connectivity index (χ0n) is 7.93. The van der Waals surface area contributed by atoms with Crippen molar-refractivity contribution in [3.8, 4) is 0 Å². The summed E-state index contributed by atoms with van der Waals surface area (Å²) < 4.78 is 5.24. The Balaban J connectivity index is 1.98. The molecule has 0 aliphatic heterocycles. The number of hydrogen-bond donors (Lipinski definition) is 0. The van der Waals surface area contributed by atoms with E-state index in [-0.39, 0.29) is 0 Å². The Morgan fingerprint density at radius 3 is 3.07 bits per heavy atom. The van der Waals surface area contributed by atoms with Gasteiger partial charge in [-0.05, 0) is 36.8 Å². The van der Waals surface area contributed by atoms with Crippen LogP contribution in [0.1, 0.15) is 11.3 Å². The second-order valence-electron chi connectivity index (χ2n) is 3.04. The largest absolute Gasteiger partial charge is 0.468 e. The van der Waals surface area contributed by atoms with Gasteiger partial charge in [0.2, 0.25) is 0 Å². The number of furan rings is 1. The second kappa shape index (κ2) is 4.33. The normalized spacial score (nSPS) is 10.4. The van der Waals surface area contributed by atoms with Crippen molar-refractivity contribution in [3.63, 3.8) is 0 Å². The van der Waals surface area contributed by atoms with Crippen molar-refractivity contribution in [1.29, 1.82) is 0 Å². The molecule has 2 rings (SSSR count). The van der Waals surface area contributed by atoms with E-state index in [9.17, 15) is 0 Å². The molecule has 0 N–H and O–H groups in total. The molecule has 2 nitrogen and oxygen atoms in total. The van der Waals surface area contributed by atoms with Gasteiger partial charge in [0.15, 0.2) is 0 Å². The highest BCUT2D eigenvalue weighted by Gasteiger charge is 1.99. The Hall–Kier alpha value is -1.22. The van der Waals surface area contributed by atoms with Crippen LogP contribution in [0.5, 0.6) is 0 Å². The fourth-order valence-corrected chi connectivity index (χ4v) is 1.99. The van der Waals surface area contributed by atoms with E-state index in [1.165, 1.54) is 5.56 Å². The van der Waals surface area contributed by atoms with Gasteiger partial charge in [-0.25, -0.2) is 4.98 Å². The van der Waals surface area contributed by atoms with Gasteiger partial charge >= 0.3 is 0 Å². The second-order valence-corrected chi connectivity index (χ2v) is 4.04. The van der Waals surface area contributed by atoms with Gasteiger partial charge in [-0.15, -0.1) is 0 Å². The van der Waals surface area contributed by atoms with Gasteiger partial charge < -0.3 is 4.42 Å². The van der Waals surface area contributed by atoms with Crippen molar-refractivity contribution in [2.45, 2.75) is 17.7 Å². The van der Waals surface area contributed by atoms with E-state index in [2.05, 4.69) is 18.0 Å². The van der Waals surface area contributed by atoms with Crippen LogP contribution in [-0.2, 0) is 5.75 Å². The standard InChI is InChI=1S/C11H11NOS/c1-9-4-5-12-11(7-9)14-8-10-3-2-6-13-10/h2-7H,8H2,1H3. The molecule has 2 heterocycles. The smallest absolute Gasteiger partial charge is 0.114 e. The third kappa shape index (κ3) is 2.39. The van der Waals surface area contributed by atoms with Crippen molar-refractivity contribution in [1.82, 2.24) is 4.98 Å². The summed E-state index contributed by atoms with van der Waals surface area (Å²) >= 11 is 1.69. The molecule has 0 atom stereocenters. The van der Waals surface area contributed by atoms with Gasteiger partial charge in [0, 0.05) is 6.20 Å². The van der Waals surface area contributed by atoms with Gasteiger partial charge in [-0.3, -0.25) is 0 Å². The highest BCUT2D eigenvalue weighted by molar-refractivity contribution is 7.98. The van der Waals surface area contributed by atoms with Gasteiger partial charge in [-0.2, -0.15) is 0 Å². The van der Waals surface area contributed by atoms with Crippen molar-refractivity contribution >= 4 is 11.8 Å². The molecule has 0 aromatic carbocycles. The van der Waals surface area contributed by atoms with Crippen LogP contribution in [0, 0.1) is 6.92 Å². The molecule has 0 aliphatic carbocycles. The topological polar surface area (TPSA) is 26.0 Å². The summed E-state index contributed by atoms with van der Waals surface area (Å²) in [5.74, 6) is 1.82. The van der Waals surface area contributed by atoms with Crippen LogP contribution in [0.3, 0.4) is 0 Å². The van der Waals surface area contributed by atoms with E-state index >= 15 is 0 Å². The van der Waals surface area contributed by atoms with Crippen LogP contribution in [0.2, 0.25) is 0 Å². The SMILES string of the molecule is Cc1ccnc(SCc2ccco2)c1. The average molecular weight is 205 g/mol. The van der Waals surface area contributed by atoms with Crippen molar-refractivity contribution in [2.75, 3.05) is 0 Å². The molecule has 0 bridgehead atoms. The van der Waals surface area contributed by atoms with Crippen LogP contribution < -0.4 is 0 Å². The number of thioether (sulfide) groups is 1. The molecule has 2 aromatic heterocycles. The number of aromatic nitrogens is 1. The Kier molecular flexibility index (Phi) is 2.89. The highest BCUT2D eigenvalue weighted by Crippen LogP contribution is 2.21. The molecule has 0 unspecified atom stereocenters. The van der Waals surface area contributed by atoms with Crippen molar-refractivity contribution in [2.24, 2.45) is 0 Å². The lowest BCUT2D eigenvalue weighted by atomic mass is 10.3. The molecule has 14 heavy (non-hydrogen) atoms. The first-order valence-corrected chi connectivity index (χ1v) is 5.41. The lowest BCUT2D eigenvalue weighted by Crippen LogP contribution is -1.82. The Morgan fingerprint density at radius 2 is 2.36 bits per heavy atom. The molecule has 0 radical (unpaired) electrons. The van der Waals surface area contributed by atoms with Crippen LogP contribution in [0.4, 0.5) is 0 Å². The van der Waals surface area contributed by atoms with Gasteiger partial charge in [0.25, 0.3) is 0 Å². The Labute approximate surface area is 87.4 Å². The Morgan fingerprint density at radius 1 is 1.43 bits per heavy atom. The summed E-state index contributed by atoms with van der Waals surface area (Å²) in [5, 5.41) is 1.04. The van der Waals surface area contributed by atoms with Crippen molar-refractivity contribution in [3.05, 3.63) is 48.0 Å². The summed E-state index contributed by atoms with van der Waals surface area (Å²) in [6.45, 7) is 2.07. The lowest BCUT2D eigenvalue weighted by Gasteiger charge is -1.99. The van der Waals surface area contributed by atoms with Gasteiger partial charge in [0.05, 0.1) is 17.0 Å². The van der Waals surface area contributed by atoms with Crippen LogP contribution in [0.25, 0.3) is 0 Å². The predicted molar refractivity (Wildman–Crippen MR) is 57.2 cm³/mol. The van der Waals surface area contributed by atoms with Crippen LogP contribution >= 0.6 is 11.8 Å². The first kappa shape index (κ1) is 9.34. The maximum Gasteiger partial charge on any atom is 0.114 e. The molecule has 0 spiro atoms. The minimum atomic E-state index is 0.837. The molecular formula is C11H11NOS. The molecule has 0 saturated heterocycles. The van der Waals surface area contributed by atoms with Crippen LogP contribution in [-0.4, -0.2) is 4.98 Å². The van der Waals surface area contributed by atoms with E-state index < -0.39 is 0 Å². The predicted octanol–water partition coefficient (Wildman–Crippen LogP) is 3.28. The van der Waals surface area contributed by atoms with Gasteiger partial charge in [-0.1, -0.05) is 11.8 Å². The highest BCUT2D eigenvalue weighted by atomic mass is 32.2. The summed E-state index contributed by atoms with van der Waals surface area (Å²) in [4.78, 5) is 4.26. The number of pyridine rings is 1. The summed E-state index contributed by atoms with van der Waals surface area (Å²) in [6.07, 6.45) is 3.53. The summed E-state index contributed by atoms with van der Waals surface area (Å²) in [5.41, 5.74) is 1.24. The van der Waals surface area contributed by atoms with E-state index in [0.717, 1.165) is 16.5 Å². The third-order valence-electron chi connectivity index (χ3n) is 1.83. The summed E-state index contributed by atoms with van der Waals surface area (Å²) in [7, 11) is 0. The zero-order chi connectivity index (χ0) is 9.80. The molecule has 0 amide bonds. The van der Waals surface area contributed by atoms with E-state index in [4.69, 9.17) is 4.42 Å². The van der Waals surface area contributed by atoms with E-state index in [0.29, 0.717) is 0 Å². The number of nitrogens with zero attached hydrogens (tertiary/aromatic N) is 1. The number of aryl methyl sites for hydroxylation is 1. The van der Waals surface area contributed by atoms with Crippen LogP contribution in [0.15, 0.2) is 46.2 Å². The monoisotopic (exact) mass is 205 g/mol. The fraction of sp³-hybridized carbons (Fsp3) is 0.182. The van der Waals surface area contributed by atoms with E-state index in [1.54, 1.807) is 18.0 Å². The number of rotatable bonds is 3. The lowest BCUT2D eigenvalue weighted by molar-refractivity contribution is 0.530. The first-order valence-electron chi connectivity index (χ1n) is 4.42. The quantitative estimate of drug-likeness (QED) is 0.719. The summed E-state index contributed by atoms with van der Waals surface area (Å²) in [6, 6.07) is 7.95. The zero-order valence-corrected chi connectivity index (χ0v) is 8.75. The minimum absolute atomic E-state index is 0.837. The van der Waals surface area contributed by atoms with E-state index in [1.807, 2.05) is 24.4 Å². The maximum atomic E-state index is 5.24. The number of hydrogen-bond acceptors (Lipinski definition) is 3. The van der Waals surface area contributed by atoms with Crippen molar-refractivity contribution < 1.29 is 4.42 Å². The molecule has 2 aromatic rings. The molecule has 0 aliphatic rings.